The number of hydrogen-bond acceptors (Lipinski definition) is 5. The fourth-order valence-electron chi connectivity index (χ4n) is 3.67. The second-order valence-electron chi connectivity index (χ2n) is 7.55. The van der Waals surface area contributed by atoms with Crippen molar-refractivity contribution in [1.82, 2.24) is 14.5 Å². The lowest BCUT2D eigenvalue weighted by Gasteiger charge is -2.12. The first-order valence-corrected chi connectivity index (χ1v) is 10.6. The van der Waals surface area contributed by atoms with Crippen molar-refractivity contribution in [3.05, 3.63) is 78.0 Å². The van der Waals surface area contributed by atoms with Gasteiger partial charge in [-0.3, -0.25) is 4.79 Å². The molecule has 1 amide bonds. The third-order valence-corrected chi connectivity index (χ3v) is 5.32. The van der Waals surface area contributed by atoms with E-state index in [1.165, 1.54) is 12.1 Å². The molecule has 7 nitrogen and oxygen atoms in total. The van der Waals surface area contributed by atoms with Crippen LogP contribution in [-0.2, 0) is 17.8 Å². The van der Waals surface area contributed by atoms with Crippen molar-refractivity contribution < 1.29 is 18.7 Å². The molecule has 0 aliphatic carbocycles. The van der Waals surface area contributed by atoms with Gasteiger partial charge in [0, 0.05) is 25.1 Å². The summed E-state index contributed by atoms with van der Waals surface area (Å²) in [7, 11) is 3.12. The van der Waals surface area contributed by atoms with Gasteiger partial charge in [-0.05, 0) is 48.4 Å². The van der Waals surface area contributed by atoms with Crippen LogP contribution in [0.1, 0.15) is 24.2 Å². The van der Waals surface area contributed by atoms with Crippen LogP contribution in [0.15, 0.2) is 60.8 Å². The molecule has 2 heterocycles. The number of amides is 1. The monoisotopic (exact) mass is 448 g/mol. The highest BCUT2D eigenvalue weighted by Gasteiger charge is 2.14. The molecule has 0 aliphatic heterocycles. The van der Waals surface area contributed by atoms with Gasteiger partial charge in [0.25, 0.3) is 0 Å². The Hall–Kier alpha value is -3.94. The molecule has 4 aromatic rings. The average molecular weight is 448 g/mol. The minimum Gasteiger partial charge on any atom is -0.497 e. The number of benzene rings is 2. The number of aryl methyl sites for hydroxylation is 1. The molecular weight excluding hydrogens is 423 g/mol. The fraction of sp³-hybridized carbons (Fsp3) is 0.240. The largest absolute Gasteiger partial charge is 0.497 e. The Kier molecular flexibility index (Phi) is 6.83. The lowest BCUT2D eigenvalue weighted by Crippen LogP contribution is -2.13. The summed E-state index contributed by atoms with van der Waals surface area (Å²) in [5.74, 6) is 1.64. The molecule has 1 N–H and O–H groups in total. The molecule has 0 bridgehead atoms. The van der Waals surface area contributed by atoms with E-state index < -0.39 is 0 Å². The van der Waals surface area contributed by atoms with Crippen LogP contribution in [0.25, 0.3) is 11.2 Å². The van der Waals surface area contributed by atoms with E-state index in [2.05, 4.69) is 10.3 Å². The highest BCUT2D eigenvalue weighted by Crippen LogP contribution is 2.29. The number of ether oxygens (including phenoxy) is 2. The van der Waals surface area contributed by atoms with Crippen molar-refractivity contribution >= 4 is 22.8 Å². The van der Waals surface area contributed by atoms with Gasteiger partial charge >= 0.3 is 0 Å². The van der Waals surface area contributed by atoms with Gasteiger partial charge in [-0.1, -0.05) is 12.1 Å². The number of nitrogens with zero attached hydrogens (tertiary/aromatic N) is 3. The van der Waals surface area contributed by atoms with Gasteiger partial charge in [0.15, 0.2) is 5.65 Å². The van der Waals surface area contributed by atoms with Crippen molar-refractivity contribution in [3.8, 4) is 11.5 Å². The maximum Gasteiger partial charge on any atom is 0.224 e. The SMILES string of the molecule is COc1ccc(OC)c(NC(=O)CCCc2nc3cccnc3n2Cc2ccc(F)cc2)c1. The highest BCUT2D eigenvalue weighted by atomic mass is 19.1. The molecule has 0 saturated carbocycles. The predicted octanol–water partition coefficient (Wildman–Crippen LogP) is 4.60. The summed E-state index contributed by atoms with van der Waals surface area (Å²) in [5, 5.41) is 2.89. The van der Waals surface area contributed by atoms with Crippen molar-refractivity contribution in [3.63, 3.8) is 0 Å². The number of imidazole rings is 1. The Balaban J connectivity index is 1.45. The fourth-order valence-corrected chi connectivity index (χ4v) is 3.67. The topological polar surface area (TPSA) is 78.3 Å². The van der Waals surface area contributed by atoms with Crippen molar-refractivity contribution in [2.45, 2.75) is 25.8 Å². The van der Waals surface area contributed by atoms with Gasteiger partial charge in [0.2, 0.25) is 5.91 Å². The first kappa shape index (κ1) is 22.3. The average Bonchev–Trinajstić information content (AvgIpc) is 3.17. The second kappa shape index (κ2) is 10.1. The van der Waals surface area contributed by atoms with Gasteiger partial charge in [-0.2, -0.15) is 0 Å². The van der Waals surface area contributed by atoms with Crippen LogP contribution >= 0.6 is 0 Å². The Morgan fingerprint density at radius 2 is 1.91 bits per heavy atom. The Labute approximate surface area is 191 Å². The summed E-state index contributed by atoms with van der Waals surface area (Å²) in [5.41, 5.74) is 3.07. The van der Waals surface area contributed by atoms with Gasteiger partial charge in [0.1, 0.15) is 28.7 Å². The molecule has 0 atom stereocenters. The van der Waals surface area contributed by atoms with Crippen LogP contribution < -0.4 is 14.8 Å². The normalized spacial score (nSPS) is 10.9. The molecule has 0 saturated heterocycles. The minimum atomic E-state index is -0.272. The van der Waals surface area contributed by atoms with E-state index >= 15 is 0 Å². The second-order valence-corrected chi connectivity index (χ2v) is 7.55. The van der Waals surface area contributed by atoms with Gasteiger partial charge < -0.3 is 19.4 Å². The van der Waals surface area contributed by atoms with Crippen LogP contribution in [0.5, 0.6) is 11.5 Å². The van der Waals surface area contributed by atoms with E-state index in [1.54, 1.807) is 50.7 Å². The van der Waals surface area contributed by atoms with Crippen LogP contribution in [-0.4, -0.2) is 34.7 Å². The number of aromatic nitrogens is 3. The molecule has 8 heteroatoms. The molecule has 170 valence electrons. The smallest absolute Gasteiger partial charge is 0.224 e. The van der Waals surface area contributed by atoms with E-state index in [-0.39, 0.29) is 11.7 Å². The molecule has 0 spiro atoms. The Bertz CT molecular complexity index is 1250. The van der Waals surface area contributed by atoms with Crippen LogP contribution in [0.2, 0.25) is 0 Å². The maximum absolute atomic E-state index is 13.3. The van der Waals surface area contributed by atoms with E-state index in [0.29, 0.717) is 43.0 Å². The standard InChI is InChI=1S/C25H25FN4O3/c1-32-19-12-13-22(33-2)21(15-19)29-24(31)7-3-6-23-28-20-5-4-14-27-25(20)30(23)16-17-8-10-18(26)11-9-17/h4-5,8-15H,3,6-7,16H2,1-2H3,(H,29,31). The zero-order valence-corrected chi connectivity index (χ0v) is 18.5. The number of fused-ring (bicyclic) bond motifs is 1. The summed E-state index contributed by atoms with van der Waals surface area (Å²) in [4.78, 5) is 21.8. The summed E-state index contributed by atoms with van der Waals surface area (Å²) < 4.78 is 25.9. The number of nitrogens with one attached hydrogen (secondary N) is 1. The number of anilines is 1. The van der Waals surface area contributed by atoms with E-state index in [0.717, 1.165) is 22.6 Å². The molecule has 0 unspecified atom stereocenters. The van der Waals surface area contributed by atoms with E-state index in [9.17, 15) is 9.18 Å². The van der Waals surface area contributed by atoms with Crippen LogP contribution in [0, 0.1) is 5.82 Å². The van der Waals surface area contributed by atoms with Gasteiger partial charge in [0.05, 0.1) is 26.5 Å². The lowest BCUT2D eigenvalue weighted by molar-refractivity contribution is -0.116. The van der Waals surface area contributed by atoms with Crippen molar-refractivity contribution in [2.24, 2.45) is 0 Å². The molecule has 0 aliphatic rings. The summed E-state index contributed by atoms with van der Waals surface area (Å²) >= 11 is 0. The Morgan fingerprint density at radius 3 is 2.67 bits per heavy atom. The van der Waals surface area contributed by atoms with Crippen molar-refractivity contribution in [2.75, 3.05) is 19.5 Å². The molecule has 33 heavy (non-hydrogen) atoms. The molecule has 0 radical (unpaired) electrons. The number of rotatable bonds is 9. The third-order valence-electron chi connectivity index (χ3n) is 5.32. The molecular formula is C25H25FN4O3. The lowest BCUT2D eigenvalue weighted by atomic mass is 10.2. The minimum absolute atomic E-state index is 0.124. The van der Waals surface area contributed by atoms with Gasteiger partial charge in [-0.15, -0.1) is 0 Å². The maximum atomic E-state index is 13.3. The highest BCUT2D eigenvalue weighted by molar-refractivity contribution is 5.92. The van der Waals surface area contributed by atoms with E-state index in [4.69, 9.17) is 14.5 Å². The van der Waals surface area contributed by atoms with Crippen LogP contribution in [0.3, 0.4) is 0 Å². The molecule has 4 rings (SSSR count). The number of pyridine rings is 1. The van der Waals surface area contributed by atoms with Crippen LogP contribution in [0.4, 0.5) is 10.1 Å². The summed E-state index contributed by atoms with van der Waals surface area (Å²) in [6, 6.07) is 15.4. The zero-order valence-electron chi connectivity index (χ0n) is 18.5. The first-order chi connectivity index (χ1) is 16.1. The number of halogens is 1. The molecule has 2 aromatic carbocycles. The first-order valence-electron chi connectivity index (χ1n) is 10.6. The number of carbonyl (C=O) groups excluding carboxylic acids is 1. The predicted molar refractivity (Wildman–Crippen MR) is 124 cm³/mol. The number of methoxy groups -OCH3 is 2. The quantitative estimate of drug-likeness (QED) is 0.405. The Morgan fingerprint density at radius 1 is 1.09 bits per heavy atom. The zero-order chi connectivity index (χ0) is 23.2. The van der Waals surface area contributed by atoms with Crippen molar-refractivity contribution in [1.29, 1.82) is 0 Å². The summed E-state index contributed by atoms with van der Waals surface area (Å²) in [6.45, 7) is 0.524. The summed E-state index contributed by atoms with van der Waals surface area (Å²) in [6.07, 6.45) is 3.24. The number of hydrogen-bond donors (Lipinski definition) is 1. The number of carbonyl (C=O) groups is 1. The molecule has 2 aromatic heterocycles. The van der Waals surface area contributed by atoms with E-state index in [1.807, 2.05) is 16.7 Å². The van der Waals surface area contributed by atoms with Gasteiger partial charge in [-0.25, -0.2) is 14.4 Å². The molecule has 0 fully saturated rings. The third kappa shape index (κ3) is 5.28.